The predicted molar refractivity (Wildman–Crippen MR) is 85.8 cm³/mol. The molecule has 21 heavy (non-hydrogen) atoms. The van der Waals surface area contributed by atoms with Crippen LogP contribution in [-0.4, -0.2) is 28.6 Å². The Balaban J connectivity index is 2.08. The summed E-state index contributed by atoms with van der Waals surface area (Å²) in [6, 6.07) is 1.94. The molecular weight excluding hydrogens is 284 g/mol. The number of nitrogens with one attached hydrogen (secondary N) is 1. The van der Waals surface area contributed by atoms with Crippen molar-refractivity contribution in [1.29, 1.82) is 0 Å². The molecule has 0 aliphatic heterocycles. The van der Waals surface area contributed by atoms with Crippen LogP contribution in [-0.2, 0) is 23.2 Å². The molecule has 0 spiro atoms. The van der Waals surface area contributed by atoms with E-state index >= 15 is 0 Å². The summed E-state index contributed by atoms with van der Waals surface area (Å²) in [7, 11) is 1.67. The molecule has 6 heteroatoms. The molecule has 0 saturated carbocycles. The monoisotopic (exact) mass is 306 g/mol. The van der Waals surface area contributed by atoms with Gasteiger partial charge in [-0.15, -0.1) is 11.3 Å². The molecule has 0 atom stereocenters. The molecule has 0 aromatic carbocycles. The van der Waals surface area contributed by atoms with Gasteiger partial charge >= 0.3 is 0 Å². The van der Waals surface area contributed by atoms with Crippen molar-refractivity contribution in [2.24, 2.45) is 0 Å². The van der Waals surface area contributed by atoms with Crippen molar-refractivity contribution in [1.82, 2.24) is 15.0 Å². The van der Waals surface area contributed by atoms with Crippen molar-refractivity contribution in [3.05, 3.63) is 34.2 Å². The first-order valence-corrected chi connectivity index (χ1v) is 7.91. The Hall–Kier alpha value is -1.53. The molecule has 5 nitrogen and oxygen atoms in total. The minimum Gasteiger partial charge on any atom is -0.378 e. The normalized spacial score (nSPS) is 11.6. The Labute approximate surface area is 129 Å². The molecule has 114 valence electrons. The molecule has 0 bridgehead atoms. The summed E-state index contributed by atoms with van der Waals surface area (Å²) in [4.78, 5) is 13.5. The van der Waals surface area contributed by atoms with Gasteiger partial charge in [0.1, 0.15) is 11.6 Å². The van der Waals surface area contributed by atoms with Crippen LogP contribution in [0.2, 0.25) is 0 Å². The van der Waals surface area contributed by atoms with E-state index in [1.165, 1.54) is 0 Å². The van der Waals surface area contributed by atoms with Crippen molar-refractivity contribution in [2.75, 3.05) is 19.0 Å². The first-order valence-electron chi connectivity index (χ1n) is 6.97. The van der Waals surface area contributed by atoms with Gasteiger partial charge in [-0.25, -0.2) is 15.0 Å². The molecule has 0 aliphatic rings. The van der Waals surface area contributed by atoms with Gasteiger partial charge in [-0.1, -0.05) is 20.8 Å². The lowest BCUT2D eigenvalue weighted by Gasteiger charge is -2.19. The maximum atomic E-state index is 5.19. The summed E-state index contributed by atoms with van der Waals surface area (Å²) in [6.07, 6.45) is 0.887. The molecule has 0 aliphatic carbocycles. The maximum absolute atomic E-state index is 5.19. The van der Waals surface area contributed by atoms with Gasteiger partial charge in [0.05, 0.1) is 23.5 Å². The van der Waals surface area contributed by atoms with Crippen LogP contribution in [0.15, 0.2) is 17.0 Å². The third-order valence-corrected chi connectivity index (χ3v) is 3.55. The van der Waals surface area contributed by atoms with Gasteiger partial charge in [0, 0.05) is 36.9 Å². The zero-order chi connectivity index (χ0) is 15.3. The number of methoxy groups -OCH3 is 1. The molecule has 2 heterocycles. The average Bonchev–Trinajstić information content (AvgIpc) is 2.91. The number of rotatable bonds is 6. The third kappa shape index (κ3) is 4.75. The van der Waals surface area contributed by atoms with Crippen molar-refractivity contribution in [3.8, 4) is 0 Å². The van der Waals surface area contributed by atoms with Crippen LogP contribution in [0.25, 0.3) is 0 Å². The van der Waals surface area contributed by atoms with Gasteiger partial charge in [0.2, 0.25) is 0 Å². The number of hydrogen-bond donors (Lipinski definition) is 1. The summed E-state index contributed by atoms with van der Waals surface area (Å²) in [6.45, 7) is 7.62. The Bertz CT molecular complexity index is 564. The molecule has 1 N–H and O–H groups in total. The first-order chi connectivity index (χ1) is 9.99. The number of nitrogens with zero attached hydrogens (tertiary/aromatic N) is 3. The van der Waals surface area contributed by atoms with E-state index in [0.29, 0.717) is 6.61 Å². The average molecular weight is 306 g/mol. The van der Waals surface area contributed by atoms with Gasteiger partial charge in [-0.05, 0) is 0 Å². The summed E-state index contributed by atoms with van der Waals surface area (Å²) in [5, 5.41) is 5.42. The van der Waals surface area contributed by atoms with Crippen LogP contribution in [0.1, 0.15) is 38.0 Å². The van der Waals surface area contributed by atoms with Crippen LogP contribution in [0, 0.1) is 0 Å². The Kier molecular flexibility index (Phi) is 5.25. The van der Waals surface area contributed by atoms with Crippen molar-refractivity contribution >= 4 is 17.2 Å². The molecule has 0 amide bonds. The van der Waals surface area contributed by atoms with Crippen molar-refractivity contribution in [3.63, 3.8) is 0 Å². The molecule has 0 fully saturated rings. The lowest BCUT2D eigenvalue weighted by Crippen LogP contribution is -2.19. The fourth-order valence-corrected chi connectivity index (χ4v) is 2.42. The second-order valence-electron chi connectivity index (χ2n) is 5.91. The standard InChI is InChI=1S/C15H22N4OS/c1-15(2,3)14-18-12(8-20-4)7-13(19-14)16-6-5-11-9-21-10-17-11/h7,9-10H,5-6,8H2,1-4H3,(H,16,18,19). The highest BCUT2D eigenvalue weighted by molar-refractivity contribution is 7.07. The highest BCUT2D eigenvalue weighted by Crippen LogP contribution is 2.20. The maximum Gasteiger partial charge on any atom is 0.136 e. The van der Waals surface area contributed by atoms with E-state index in [9.17, 15) is 0 Å². The zero-order valence-corrected chi connectivity index (χ0v) is 13.8. The van der Waals surface area contributed by atoms with Crippen molar-refractivity contribution in [2.45, 2.75) is 39.2 Å². The number of aromatic nitrogens is 3. The van der Waals surface area contributed by atoms with E-state index in [1.807, 2.05) is 11.6 Å². The largest absolute Gasteiger partial charge is 0.378 e. The van der Waals surface area contributed by atoms with Crippen LogP contribution in [0.3, 0.4) is 0 Å². The fourth-order valence-electron chi connectivity index (χ4n) is 1.82. The van der Waals surface area contributed by atoms with Gasteiger partial charge in [0.15, 0.2) is 0 Å². The van der Waals surface area contributed by atoms with Crippen LogP contribution in [0.4, 0.5) is 5.82 Å². The minimum absolute atomic E-state index is 0.0882. The number of thiazole rings is 1. The Morgan fingerprint density at radius 1 is 1.24 bits per heavy atom. The molecule has 2 rings (SSSR count). The minimum atomic E-state index is -0.0882. The predicted octanol–water partition coefficient (Wildman–Crippen LogP) is 3.03. The van der Waals surface area contributed by atoms with Crippen LogP contribution < -0.4 is 5.32 Å². The smallest absolute Gasteiger partial charge is 0.136 e. The van der Waals surface area contributed by atoms with E-state index in [1.54, 1.807) is 18.4 Å². The fraction of sp³-hybridized carbons (Fsp3) is 0.533. The van der Waals surface area contributed by atoms with Crippen LogP contribution >= 0.6 is 11.3 Å². The van der Waals surface area contributed by atoms with E-state index in [0.717, 1.165) is 36.0 Å². The number of anilines is 1. The molecule has 2 aromatic heterocycles. The highest BCUT2D eigenvalue weighted by Gasteiger charge is 2.19. The lowest BCUT2D eigenvalue weighted by atomic mass is 9.95. The molecule has 0 saturated heterocycles. The highest BCUT2D eigenvalue weighted by atomic mass is 32.1. The van der Waals surface area contributed by atoms with E-state index < -0.39 is 0 Å². The third-order valence-electron chi connectivity index (χ3n) is 2.91. The number of hydrogen-bond acceptors (Lipinski definition) is 6. The molecule has 2 aromatic rings. The second kappa shape index (κ2) is 6.95. The van der Waals surface area contributed by atoms with E-state index in [2.05, 4.69) is 46.4 Å². The molecular formula is C15H22N4OS. The summed E-state index contributed by atoms with van der Waals surface area (Å²) < 4.78 is 5.19. The van der Waals surface area contributed by atoms with E-state index in [-0.39, 0.29) is 5.41 Å². The van der Waals surface area contributed by atoms with Gasteiger partial charge in [-0.2, -0.15) is 0 Å². The summed E-state index contributed by atoms with van der Waals surface area (Å²) >= 11 is 1.62. The van der Waals surface area contributed by atoms with Crippen LogP contribution in [0.5, 0.6) is 0 Å². The van der Waals surface area contributed by atoms with E-state index in [4.69, 9.17) is 4.74 Å². The molecule has 0 unspecified atom stereocenters. The first kappa shape index (κ1) is 15.9. The van der Waals surface area contributed by atoms with Gasteiger partial charge < -0.3 is 10.1 Å². The second-order valence-corrected chi connectivity index (χ2v) is 6.63. The zero-order valence-electron chi connectivity index (χ0n) is 13.0. The quantitative estimate of drug-likeness (QED) is 0.889. The van der Waals surface area contributed by atoms with Gasteiger partial charge in [-0.3, -0.25) is 0 Å². The SMILES string of the molecule is COCc1cc(NCCc2cscn2)nc(C(C)(C)C)n1. The van der Waals surface area contributed by atoms with Gasteiger partial charge in [0.25, 0.3) is 0 Å². The number of ether oxygens (including phenoxy) is 1. The topological polar surface area (TPSA) is 59.9 Å². The Morgan fingerprint density at radius 3 is 2.67 bits per heavy atom. The lowest BCUT2D eigenvalue weighted by molar-refractivity contribution is 0.181. The summed E-state index contributed by atoms with van der Waals surface area (Å²) in [5.74, 6) is 1.67. The van der Waals surface area contributed by atoms with Crippen molar-refractivity contribution < 1.29 is 4.74 Å². The Morgan fingerprint density at radius 2 is 2.05 bits per heavy atom. The summed E-state index contributed by atoms with van der Waals surface area (Å²) in [5.41, 5.74) is 3.77. The molecule has 0 radical (unpaired) electrons.